The second kappa shape index (κ2) is 5.80. The van der Waals surface area contributed by atoms with Crippen molar-refractivity contribution in [3.05, 3.63) is 28.9 Å². The molecular formula is C11H13BrN4O3S. The quantitative estimate of drug-likeness (QED) is 0.877. The normalized spacial score (nSPS) is 11.3. The molecule has 1 aromatic heterocycles. The maximum Gasteiger partial charge on any atom is 0.282 e. The lowest BCUT2D eigenvalue weighted by atomic mass is 10.3. The summed E-state index contributed by atoms with van der Waals surface area (Å²) in [6, 6.07) is 6.80. The maximum absolute atomic E-state index is 12.4. The lowest BCUT2D eigenvalue weighted by Crippen LogP contribution is -2.17. The zero-order valence-electron chi connectivity index (χ0n) is 10.9. The average molecular weight is 361 g/mol. The van der Waals surface area contributed by atoms with Gasteiger partial charge >= 0.3 is 0 Å². The molecule has 0 atom stereocenters. The Balaban J connectivity index is 2.39. The molecule has 0 saturated carbocycles. The van der Waals surface area contributed by atoms with E-state index in [0.29, 0.717) is 18.0 Å². The molecule has 20 heavy (non-hydrogen) atoms. The molecule has 0 unspecified atom stereocenters. The van der Waals surface area contributed by atoms with Gasteiger partial charge in [0.15, 0.2) is 4.60 Å². The minimum absolute atomic E-state index is 0.0520. The van der Waals surface area contributed by atoms with Gasteiger partial charge in [-0.2, -0.15) is 8.42 Å². The van der Waals surface area contributed by atoms with Gasteiger partial charge in [0.1, 0.15) is 5.75 Å². The molecule has 9 heteroatoms. The average Bonchev–Trinajstić information content (AvgIpc) is 2.72. The van der Waals surface area contributed by atoms with E-state index in [4.69, 9.17) is 4.74 Å². The van der Waals surface area contributed by atoms with E-state index in [2.05, 4.69) is 31.0 Å². The van der Waals surface area contributed by atoms with Crippen molar-refractivity contribution in [2.75, 3.05) is 11.3 Å². The van der Waals surface area contributed by atoms with Crippen LogP contribution in [0.25, 0.3) is 0 Å². The summed E-state index contributed by atoms with van der Waals surface area (Å²) in [5, 5.41) is 7.26. The number of rotatable bonds is 5. The molecule has 0 radical (unpaired) electrons. The number of aryl methyl sites for hydroxylation is 1. The second-order valence-electron chi connectivity index (χ2n) is 3.84. The van der Waals surface area contributed by atoms with Crippen LogP contribution in [-0.2, 0) is 17.1 Å². The van der Waals surface area contributed by atoms with Crippen LogP contribution in [0.5, 0.6) is 5.75 Å². The van der Waals surface area contributed by atoms with Gasteiger partial charge in [-0.3, -0.25) is 4.72 Å². The number of para-hydroxylation sites is 2. The molecule has 0 amide bonds. The van der Waals surface area contributed by atoms with Crippen LogP contribution in [0.3, 0.4) is 0 Å². The molecule has 7 nitrogen and oxygen atoms in total. The number of nitrogens with zero attached hydrogens (tertiary/aromatic N) is 3. The van der Waals surface area contributed by atoms with Gasteiger partial charge in [0.2, 0.25) is 5.03 Å². The van der Waals surface area contributed by atoms with E-state index in [1.807, 2.05) is 6.92 Å². The third kappa shape index (κ3) is 2.93. The summed E-state index contributed by atoms with van der Waals surface area (Å²) >= 11 is 3.07. The zero-order chi connectivity index (χ0) is 14.8. The van der Waals surface area contributed by atoms with E-state index in [1.54, 1.807) is 24.3 Å². The Hall–Kier alpha value is -1.61. The van der Waals surface area contributed by atoms with E-state index in [-0.39, 0.29) is 9.63 Å². The Kier molecular flexibility index (Phi) is 4.29. The minimum Gasteiger partial charge on any atom is -0.492 e. The van der Waals surface area contributed by atoms with Crippen LogP contribution < -0.4 is 9.46 Å². The molecular weight excluding hydrogens is 348 g/mol. The third-order valence-electron chi connectivity index (χ3n) is 2.42. The van der Waals surface area contributed by atoms with Crippen LogP contribution in [-0.4, -0.2) is 30.0 Å². The highest BCUT2D eigenvalue weighted by Crippen LogP contribution is 2.28. The highest BCUT2D eigenvalue weighted by Gasteiger charge is 2.24. The van der Waals surface area contributed by atoms with Gasteiger partial charge in [0, 0.05) is 7.05 Å². The number of nitrogens with one attached hydrogen (secondary N) is 1. The van der Waals surface area contributed by atoms with Crippen molar-refractivity contribution in [1.29, 1.82) is 0 Å². The summed E-state index contributed by atoms with van der Waals surface area (Å²) in [4.78, 5) is 0. The van der Waals surface area contributed by atoms with Gasteiger partial charge in [-0.25, -0.2) is 4.68 Å². The maximum atomic E-state index is 12.4. The fourth-order valence-corrected chi connectivity index (χ4v) is 3.80. The first-order chi connectivity index (χ1) is 9.45. The highest BCUT2D eigenvalue weighted by molar-refractivity contribution is 9.10. The molecule has 0 aliphatic rings. The summed E-state index contributed by atoms with van der Waals surface area (Å²) < 4.78 is 33.9. The first-order valence-electron chi connectivity index (χ1n) is 5.75. The van der Waals surface area contributed by atoms with Gasteiger partial charge < -0.3 is 4.74 Å². The minimum atomic E-state index is -3.81. The molecule has 0 saturated heterocycles. The first-order valence-corrected chi connectivity index (χ1v) is 8.03. The largest absolute Gasteiger partial charge is 0.492 e. The van der Waals surface area contributed by atoms with Crippen molar-refractivity contribution in [3.8, 4) is 5.75 Å². The van der Waals surface area contributed by atoms with Crippen LogP contribution in [0.4, 0.5) is 5.69 Å². The fourth-order valence-electron chi connectivity index (χ4n) is 1.63. The van der Waals surface area contributed by atoms with Crippen LogP contribution in [0.2, 0.25) is 0 Å². The van der Waals surface area contributed by atoms with E-state index in [9.17, 15) is 8.42 Å². The van der Waals surface area contributed by atoms with E-state index < -0.39 is 10.0 Å². The molecule has 2 aromatic rings. The van der Waals surface area contributed by atoms with Crippen LogP contribution >= 0.6 is 15.9 Å². The van der Waals surface area contributed by atoms with Crippen molar-refractivity contribution < 1.29 is 13.2 Å². The number of sulfonamides is 1. The molecule has 1 heterocycles. The third-order valence-corrected chi connectivity index (χ3v) is 4.67. The Labute approximate surface area is 125 Å². The van der Waals surface area contributed by atoms with Crippen molar-refractivity contribution >= 4 is 31.6 Å². The van der Waals surface area contributed by atoms with Crippen molar-refractivity contribution in [2.45, 2.75) is 11.9 Å². The predicted molar refractivity (Wildman–Crippen MR) is 77.1 cm³/mol. The molecule has 0 aliphatic heterocycles. The van der Waals surface area contributed by atoms with E-state index >= 15 is 0 Å². The summed E-state index contributed by atoms with van der Waals surface area (Å²) in [5.41, 5.74) is 0.363. The van der Waals surface area contributed by atoms with Gasteiger partial charge in [0.05, 0.1) is 12.3 Å². The SMILES string of the molecule is CCOc1ccccc1NS(=O)(=O)c1c(Br)nnn1C. The highest BCUT2D eigenvalue weighted by atomic mass is 79.9. The Bertz CT molecular complexity index is 695. The fraction of sp³-hybridized carbons (Fsp3) is 0.273. The number of hydrogen-bond acceptors (Lipinski definition) is 5. The number of benzene rings is 1. The molecule has 1 aromatic carbocycles. The monoisotopic (exact) mass is 360 g/mol. The Morgan fingerprint density at radius 3 is 2.70 bits per heavy atom. The van der Waals surface area contributed by atoms with Crippen LogP contribution in [0.15, 0.2) is 33.9 Å². The number of aromatic nitrogens is 3. The molecule has 1 N–H and O–H groups in total. The summed E-state index contributed by atoms with van der Waals surface area (Å²) in [5.74, 6) is 0.463. The molecule has 0 aliphatic carbocycles. The van der Waals surface area contributed by atoms with Crippen LogP contribution in [0, 0.1) is 0 Å². The number of ether oxygens (including phenoxy) is 1. The van der Waals surface area contributed by atoms with Crippen LogP contribution in [0.1, 0.15) is 6.92 Å². The molecule has 0 spiro atoms. The van der Waals surface area contributed by atoms with Gasteiger partial charge in [0.25, 0.3) is 10.0 Å². The van der Waals surface area contributed by atoms with Gasteiger partial charge in [-0.15, -0.1) is 5.10 Å². The zero-order valence-corrected chi connectivity index (χ0v) is 13.3. The topological polar surface area (TPSA) is 86.1 Å². The smallest absolute Gasteiger partial charge is 0.282 e. The molecule has 0 fully saturated rings. The summed E-state index contributed by atoms with van der Waals surface area (Å²) in [6.07, 6.45) is 0. The van der Waals surface area contributed by atoms with Gasteiger partial charge in [-0.1, -0.05) is 17.3 Å². The van der Waals surface area contributed by atoms with Crippen molar-refractivity contribution in [2.24, 2.45) is 7.05 Å². The molecule has 2 rings (SSSR count). The number of anilines is 1. The Morgan fingerprint density at radius 2 is 2.10 bits per heavy atom. The van der Waals surface area contributed by atoms with E-state index in [1.165, 1.54) is 11.7 Å². The molecule has 0 bridgehead atoms. The standard InChI is InChI=1S/C11H13BrN4O3S/c1-3-19-9-7-5-4-6-8(9)14-20(17,18)11-10(12)13-15-16(11)2/h4-7,14H,3H2,1-2H3. The predicted octanol–water partition coefficient (Wildman–Crippen LogP) is 1.78. The number of halogens is 1. The van der Waals surface area contributed by atoms with E-state index in [0.717, 1.165) is 0 Å². The second-order valence-corrected chi connectivity index (χ2v) is 6.19. The lowest BCUT2D eigenvalue weighted by Gasteiger charge is -2.12. The van der Waals surface area contributed by atoms with Gasteiger partial charge in [-0.05, 0) is 35.0 Å². The number of hydrogen-bond donors (Lipinski definition) is 1. The molecule has 108 valence electrons. The summed E-state index contributed by atoms with van der Waals surface area (Å²) in [7, 11) is -2.31. The Morgan fingerprint density at radius 1 is 1.40 bits per heavy atom. The first kappa shape index (κ1) is 14.8. The van der Waals surface area contributed by atoms with Crippen molar-refractivity contribution in [3.63, 3.8) is 0 Å². The van der Waals surface area contributed by atoms with Crippen molar-refractivity contribution in [1.82, 2.24) is 15.0 Å². The lowest BCUT2D eigenvalue weighted by molar-refractivity contribution is 0.342. The summed E-state index contributed by atoms with van der Waals surface area (Å²) in [6.45, 7) is 2.27.